The van der Waals surface area contributed by atoms with Gasteiger partial charge in [0.1, 0.15) is 17.6 Å². The van der Waals surface area contributed by atoms with E-state index >= 15 is 0 Å². The highest BCUT2D eigenvalue weighted by molar-refractivity contribution is 5.98. The Kier molecular flexibility index (Phi) is 4.69. The Morgan fingerprint density at radius 2 is 2.33 bits per heavy atom. The number of nitrogen functional groups attached to an aromatic ring is 1. The molecule has 1 amide bonds. The number of aromatic nitrogens is 1. The number of pyridine rings is 1. The highest BCUT2D eigenvalue weighted by atomic mass is 16.6. The maximum absolute atomic E-state index is 12.2. The quantitative estimate of drug-likeness (QED) is 0.457. The summed E-state index contributed by atoms with van der Waals surface area (Å²) < 4.78 is 5.45. The number of anilines is 1. The molecule has 1 aromatic heterocycles. The van der Waals surface area contributed by atoms with Crippen LogP contribution in [0.4, 0.5) is 11.5 Å². The monoisotopic (exact) mass is 294 g/mol. The van der Waals surface area contributed by atoms with Gasteiger partial charge >= 0.3 is 0 Å². The molecule has 0 spiro atoms. The molecule has 2 N–H and O–H groups in total. The number of carbonyl (C=O) groups excluding carboxylic acids is 1. The molecule has 1 fully saturated rings. The summed E-state index contributed by atoms with van der Waals surface area (Å²) in [5, 5.41) is 10.9. The third-order valence-corrected chi connectivity index (χ3v) is 3.30. The van der Waals surface area contributed by atoms with E-state index in [9.17, 15) is 14.9 Å². The first-order valence-corrected chi connectivity index (χ1v) is 6.72. The highest BCUT2D eigenvalue weighted by Crippen LogP contribution is 2.28. The highest BCUT2D eigenvalue weighted by Gasteiger charge is 2.24. The summed E-state index contributed by atoms with van der Waals surface area (Å²) in [6.45, 7) is 1.49. The number of hydrogen-bond donors (Lipinski definition) is 1. The number of rotatable bonds is 7. The topological polar surface area (TPSA) is 112 Å². The number of likely N-dealkylation sites (N-methyl/N-ethyl adjacent to an activating group) is 1. The summed E-state index contributed by atoms with van der Waals surface area (Å²) in [5.74, 6) is 0.264. The van der Waals surface area contributed by atoms with Gasteiger partial charge in [0.2, 0.25) is 0 Å². The molecule has 0 bridgehead atoms. The average molecular weight is 294 g/mol. The molecule has 2 rings (SSSR count). The third-order valence-electron chi connectivity index (χ3n) is 3.30. The summed E-state index contributed by atoms with van der Waals surface area (Å²) in [7, 11) is 1.57. The van der Waals surface area contributed by atoms with Crippen LogP contribution in [-0.2, 0) is 4.74 Å². The molecule has 0 unspecified atom stereocenters. The second-order valence-electron chi connectivity index (χ2n) is 5.13. The standard InChI is InChI=1S/C13H18N4O4/c1-16(4-5-21-8-9-2-3-9)13(18)10-6-12(14)15-7-11(10)17(19)20/h6-7,9H,2-5,8H2,1H3,(H2,14,15). The molecule has 0 radical (unpaired) electrons. The largest absolute Gasteiger partial charge is 0.384 e. The van der Waals surface area contributed by atoms with Gasteiger partial charge in [-0.25, -0.2) is 4.98 Å². The lowest BCUT2D eigenvalue weighted by molar-refractivity contribution is -0.385. The first kappa shape index (κ1) is 15.2. The van der Waals surface area contributed by atoms with Crippen LogP contribution in [0.2, 0.25) is 0 Å². The fourth-order valence-corrected chi connectivity index (χ4v) is 1.82. The van der Waals surface area contributed by atoms with Crippen molar-refractivity contribution in [3.05, 3.63) is 27.9 Å². The molecule has 1 aliphatic carbocycles. The average Bonchev–Trinajstić information content (AvgIpc) is 3.26. The minimum atomic E-state index is -0.642. The number of nitrogens with two attached hydrogens (primary N) is 1. The van der Waals surface area contributed by atoms with Crippen LogP contribution in [0.1, 0.15) is 23.2 Å². The van der Waals surface area contributed by atoms with E-state index in [-0.39, 0.29) is 17.1 Å². The second-order valence-corrected chi connectivity index (χ2v) is 5.13. The van der Waals surface area contributed by atoms with Crippen LogP contribution in [0.25, 0.3) is 0 Å². The van der Waals surface area contributed by atoms with Crippen molar-refractivity contribution in [1.29, 1.82) is 0 Å². The van der Waals surface area contributed by atoms with Gasteiger partial charge in [-0.05, 0) is 24.8 Å². The van der Waals surface area contributed by atoms with Gasteiger partial charge in [0.25, 0.3) is 11.6 Å². The molecule has 8 heteroatoms. The Balaban J connectivity index is 1.96. The van der Waals surface area contributed by atoms with Crippen molar-refractivity contribution < 1.29 is 14.5 Å². The van der Waals surface area contributed by atoms with Gasteiger partial charge in [0.15, 0.2) is 0 Å². The lowest BCUT2D eigenvalue weighted by atomic mass is 10.2. The van der Waals surface area contributed by atoms with Gasteiger partial charge in [0.05, 0.1) is 11.5 Å². The minimum absolute atomic E-state index is 0.0582. The van der Waals surface area contributed by atoms with Crippen molar-refractivity contribution in [2.24, 2.45) is 5.92 Å². The van der Waals surface area contributed by atoms with Gasteiger partial charge in [-0.1, -0.05) is 0 Å². The molecule has 8 nitrogen and oxygen atoms in total. The zero-order valence-corrected chi connectivity index (χ0v) is 11.8. The van der Waals surface area contributed by atoms with Crippen molar-refractivity contribution in [2.45, 2.75) is 12.8 Å². The fraction of sp³-hybridized carbons (Fsp3) is 0.538. The Morgan fingerprint density at radius 3 is 2.95 bits per heavy atom. The summed E-state index contributed by atoms with van der Waals surface area (Å²) in [4.78, 5) is 27.6. The first-order valence-electron chi connectivity index (χ1n) is 6.72. The maximum atomic E-state index is 12.2. The molecule has 1 aromatic rings. The molecule has 114 valence electrons. The lowest BCUT2D eigenvalue weighted by Gasteiger charge is -2.17. The first-order chi connectivity index (χ1) is 9.99. The van der Waals surface area contributed by atoms with E-state index in [4.69, 9.17) is 10.5 Å². The number of ether oxygens (including phenoxy) is 1. The molecule has 0 aromatic carbocycles. The van der Waals surface area contributed by atoms with Crippen molar-refractivity contribution in [3.8, 4) is 0 Å². The van der Waals surface area contributed by atoms with Crippen LogP contribution in [0, 0.1) is 16.0 Å². The zero-order valence-electron chi connectivity index (χ0n) is 11.8. The van der Waals surface area contributed by atoms with Crippen LogP contribution in [0.5, 0.6) is 0 Å². The number of hydrogen-bond acceptors (Lipinski definition) is 6. The second kappa shape index (κ2) is 6.49. The van der Waals surface area contributed by atoms with Gasteiger partial charge in [0, 0.05) is 20.2 Å². The Hall–Kier alpha value is -2.22. The summed E-state index contributed by atoms with van der Waals surface area (Å²) in [6.07, 6.45) is 3.41. The molecule has 0 atom stereocenters. The third kappa shape index (κ3) is 4.12. The molecular formula is C13H18N4O4. The van der Waals surface area contributed by atoms with Crippen LogP contribution in [0.15, 0.2) is 12.3 Å². The SMILES string of the molecule is CN(CCOCC1CC1)C(=O)c1cc(N)ncc1[N+](=O)[O-]. The van der Waals surface area contributed by atoms with E-state index in [0.717, 1.165) is 6.20 Å². The fourth-order valence-electron chi connectivity index (χ4n) is 1.82. The van der Waals surface area contributed by atoms with E-state index in [0.29, 0.717) is 25.7 Å². The van der Waals surface area contributed by atoms with E-state index in [1.54, 1.807) is 7.05 Å². The van der Waals surface area contributed by atoms with Crippen LogP contribution >= 0.6 is 0 Å². The van der Waals surface area contributed by atoms with Gasteiger partial charge in [-0.15, -0.1) is 0 Å². The predicted molar refractivity (Wildman–Crippen MR) is 75.8 cm³/mol. The molecule has 21 heavy (non-hydrogen) atoms. The van der Waals surface area contributed by atoms with Crippen LogP contribution in [0.3, 0.4) is 0 Å². The van der Waals surface area contributed by atoms with Crippen molar-refractivity contribution in [1.82, 2.24) is 9.88 Å². The summed E-state index contributed by atoms with van der Waals surface area (Å²) in [5.41, 5.74) is 5.09. The number of amides is 1. The molecule has 0 aliphatic heterocycles. The molecule has 1 saturated carbocycles. The number of nitrogens with zero attached hydrogens (tertiary/aromatic N) is 3. The number of nitro groups is 1. The van der Waals surface area contributed by atoms with E-state index in [1.807, 2.05) is 0 Å². The summed E-state index contributed by atoms with van der Waals surface area (Å²) in [6, 6.07) is 1.22. The van der Waals surface area contributed by atoms with Gasteiger partial charge in [-0.3, -0.25) is 14.9 Å². The zero-order chi connectivity index (χ0) is 15.4. The van der Waals surface area contributed by atoms with E-state index < -0.39 is 10.8 Å². The molecule has 0 saturated heterocycles. The molecule has 1 heterocycles. The smallest absolute Gasteiger partial charge is 0.300 e. The van der Waals surface area contributed by atoms with Gasteiger partial charge < -0.3 is 15.4 Å². The normalized spacial score (nSPS) is 14.0. The Morgan fingerprint density at radius 1 is 1.62 bits per heavy atom. The van der Waals surface area contributed by atoms with Crippen LogP contribution < -0.4 is 5.73 Å². The maximum Gasteiger partial charge on any atom is 0.300 e. The number of carbonyl (C=O) groups is 1. The molecule has 1 aliphatic rings. The lowest BCUT2D eigenvalue weighted by Crippen LogP contribution is -2.31. The van der Waals surface area contributed by atoms with E-state index in [1.165, 1.54) is 23.8 Å². The van der Waals surface area contributed by atoms with Crippen molar-refractivity contribution in [3.63, 3.8) is 0 Å². The van der Waals surface area contributed by atoms with Crippen LogP contribution in [-0.4, -0.2) is 47.5 Å². The molecular weight excluding hydrogens is 276 g/mol. The Bertz CT molecular complexity index is 545. The van der Waals surface area contributed by atoms with Crippen molar-refractivity contribution in [2.75, 3.05) is 32.5 Å². The minimum Gasteiger partial charge on any atom is -0.384 e. The Labute approximate surface area is 122 Å². The summed E-state index contributed by atoms with van der Waals surface area (Å²) >= 11 is 0. The predicted octanol–water partition coefficient (Wildman–Crippen LogP) is 1.07. The van der Waals surface area contributed by atoms with Gasteiger partial charge in [-0.2, -0.15) is 0 Å². The van der Waals surface area contributed by atoms with E-state index in [2.05, 4.69) is 4.98 Å². The van der Waals surface area contributed by atoms with Crippen molar-refractivity contribution >= 4 is 17.4 Å².